The summed E-state index contributed by atoms with van der Waals surface area (Å²) in [7, 11) is 0. The zero-order valence-electron chi connectivity index (χ0n) is 21.1. The van der Waals surface area contributed by atoms with Crippen LogP contribution in [-0.4, -0.2) is 20.2 Å². The molecule has 0 spiro atoms. The topological polar surface area (TPSA) is 43.1 Å². The molecule has 3 heterocycles. The van der Waals surface area contributed by atoms with E-state index in [4.69, 9.17) is 15.0 Å². The molecule has 1 aliphatic heterocycles. The number of nitrogens with zero attached hydrogens (tertiary/aromatic N) is 4. The maximum atomic E-state index is 5.23. The lowest BCUT2D eigenvalue weighted by Gasteiger charge is -2.13. The Hall–Kier alpha value is -4.35. The van der Waals surface area contributed by atoms with E-state index in [9.17, 15) is 0 Å². The van der Waals surface area contributed by atoms with E-state index in [0.717, 1.165) is 61.7 Å². The number of fused-ring (bicyclic) bond motifs is 7. The summed E-state index contributed by atoms with van der Waals surface area (Å²) in [6.07, 6.45) is 6.55. The molecule has 39 heavy (non-hydrogen) atoms. The van der Waals surface area contributed by atoms with Gasteiger partial charge in [-0.05, 0) is 54.7 Å². The summed E-state index contributed by atoms with van der Waals surface area (Å²) < 4.78 is 3.31. The Labute approximate surface area is 233 Å². The van der Waals surface area contributed by atoms with E-state index >= 15 is 0 Å². The number of para-hydroxylation sites is 2. The standard InChI is InChI=1S/C34H23BrN4/c35-24-15-14-23-16-21-17-25(36-30(23)19-24)20-28-26-10-5-7-13-31(26)39(32(28)18-21)34-37-29-12-6-4-11-27(29)33(38-34)22-8-2-1-3-9-22/h1-15,18-21H,16-17H2. The predicted octanol–water partition coefficient (Wildman–Crippen LogP) is 6.91. The molecular formula is C34H23BrN4. The first kappa shape index (κ1) is 22.6. The van der Waals surface area contributed by atoms with Gasteiger partial charge < -0.3 is 0 Å². The third-order valence-corrected chi connectivity index (χ3v) is 8.25. The van der Waals surface area contributed by atoms with Crippen molar-refractivity contribution in [2.45, 2.75) is 12.8 Å². The Bertz CT molecular complexity index is 2090. The molecule has 0 saturated carbocycles. The maximum absolute atomic E-state index is 5.23. The van der Waals surface area contributed by atoms with Crippen LogP contribution in [0.2, 0.25) is 0 Å². The van der Waals surface area contributed by atoms with E-state index in [0.29, 0.717) is 11.9 Å². The van der Waals surface area contributed by atoms with Crippen LogP contribution in [0.1, 0.15) is 12.0 Å². The highest BCUT2D eigenvalue weighted by molar-refractivity contribution is 9.10. The normalized spacial score (nSPS) is 15.9. The summed E-state index contributed by atoms with van der Waals surface area (Å²) in [5.41, 5.74) is 7.51. The number of rotatable bonds is 2. The minimum absolute atomic E-state index is 0.320. The van der Waals surface area contributed by atoms with Gasteiger partial charge in [-0.1, -0.05) is 94.8 Å². The van der Waals surface area contributed by atoms with Crippen molar-refractivity contribution in [2.75, 3.05) is 0 Å². The molecule has 1 unspecified atom stereocenters. The van der Waals surface area contributed by atoms with Crippen molar-refractivity contribution >= 4 is 61.3 Å². The lowest BCUT2D eigenvalue weighted by Crippen LogP contribution is -2.30. The first-order valence-corrected chi connectivity index (χ1v) is 14.0. The second-order valence-electron chi connectivity index (χ2n) is 10.3. The van der Waals surface area contributed by atoms with Gasteiger partial charge >= 0.3 is 0 Å². The van der Waals surface area contributed by atoms with Gasteiger partial charge in [0.25, 0.3) is 0 Å². The zero-order chi connectivity index (χ0) is 25.9. The van der Waals surface area contributed by atoms with Crippen LogP contribution in [-0.2, 0) is 6.42 Å². The summed E-state index contributed by atoms with van der Waals surface area (Å²) in [6, 6.07) is 33.7. The fourth-order valence-electron chi connectivity index (χ4n) is 6.03. The fraction of sp³-hybridized carbons (Fsp3) is 0.0882. The molecule has 0 amide bonds. The SMILES string of the molecule is Brc1ccc2c(c1)N=C1C=c3c(n(-c4nc(-c5ccccc5)c5ccccc5n4)c4ccccc34)=CC(C1)C2. The number of aromatic nitrogens is 3. The Morgan fingerprint density at radius 1 is 0.769 bits per heavy atom. The van der Waals surface area contributed by atoms with E-state index in [2.05, 4.69) is 118 Å². The van der Waals surface area contributed by atoms with Crippen LogP contribution in [0, 0.1) is 5.92 Å². The maximum Gasteiger partial charge on any atom is 0.235 e. The van der Waals surface area contributed by atoms with Crippen LogP contribution < -0.4 is 10.6 Å². The van der Waals surface area contributed by atoms with Crippen molar-refractivity contribution in [1.29, 1.82) is 0 Å². The second kappa shape index (κ2) is 8.85. The van der Waals surface area contributed by atoms with Crippen LogP contribution in [0.4, 0.5) is 5.69 Å². The van der Waals surface area contributed by atoms with E-state index in [1.54, 1.807) is 0 Å². The molecule has 0 radical (unpaired) electrons. The third kappa shape index (κ3) is 3.76. The Balaban J connectivity index is 1.45. The molecule has 6 aromatic rings. The summed E-state index contributed by atoms with van der Waals surface area (Å²) in [5, 5.41) is 4.56. The molecule has 1 atom stereocenters. The van der Waals surface area contributed by atoms with Crippen molar-refractivity contribution in [3.05, 3.63) is 118 Å². The molecule has 5 heteroatoms. The molecule has 2 bridgehead atoms. The highest BCUT2D eigenvalue weighted by Gasteiger charge is 2.23. The molecule has 0 fully saturated rings. The molecule has 2 aliphatic rings. The van der Waals surface area contributed by atoms with Gasteiger partial charge in [-0.15, -0.1) is 0 Å². The minimum Gasteiger partial charge on any atom is -0.278 e. The van der Waals surface area contributed by atoms with Gasteiger partial charge in [0.05, 0.1) is 27.8 Å². The van der Waals surface area contributed by atoms with Crippen LogP contribution in [0.5, 0.6) is 0 Å². The number of hydrogen-bond acceptors (Lipinski definition) is 3. The number of benzene rings is 4. The monoisotopic (exact) mass is 566 g/mol. The van der Waals surface area contributed by atoms with E-state index in [-0.39, 0.29) is 0 Å². The summed E-state index contributed by atoms with van der Waals surface area (Å²) >= 11 is 3.63. The molecule has 1 aliphatic carbocycles. The zero-order valence-corrected chi connectivity index (χ0v) is 22.6. The van der Waals surface area contributed by atoms with Gasteiger partial charge in [0, 0.05) is 31.7 Å². The number of hydrogen-bond donors (Lipinski definition) is 0. The first-order chi connectivity index (χ1) is 19.2. The Morgan fingerprint density at radius 3 is 2.46 bits per heavy atom. The minimum atomic E-state index is 0.320. The van der Waals surface area contributed by atoms with Crippen molar-refractivity contribution in [2.24, 2.45) is 10.9 Å². The quantitative estimate of drug-likeness (QED) is 0.228. The van der Waals surface area contributed by atoms with Crippen LogP contribution >= 0.6 is 15.9 Å². The summed E-state index contributed by atoms with van der Waals surface area (Å²) in [5.74, 6) is 1.01. The Kier molecular flexibility index (Phi) is 5.13. The largest absolute Gasteiger partial charge is 0.278 e. The lowest BCUT2D eigenvalue weighted by molar-refractivity contribution is 0.721. The molecule has 4 nitrogen and oxygen atoms in total. The highest BCUT2D eigenvalue weighted by atomic mass is 79.9. The van der Waals surface area contributed by atoms with Gasteiger partial charge in [-0.25, -0.2) is 9.97 Å². The Morgan fingerprint density at radius 2 is 1.56 bits per heavy atom. The van der Waals surface area contributed by atoms with Crippen LogP contribution in [0.25, 0.3) is 51.2 Å². The molecule has 2 aromatic heterocycles. The molecule has 4 aromatic carbocycles. The average Bonchev–Trinajstić information content (AvgIpc) is 3.06. The molecule has 0 N–H and O–H groups in total. The first-order valence-electron chi connectivity index (χ1n) is 13.2. The molecule has 8 rings (SSSR count). The van der Waals surface area contributed by atoms with Crippen molar-refractivity contribution in [3.8, 4) is 17.2 Å². The number of aliphatic imine (C=N–C) groups is 1. The van der Waals surface area contributed by atoms with Gasteiger partial charge in [0.15, 0.2) is 0 Å². The van der Waals surface area contributed by atoms with Crippen LogP contribution in [0.15, 0.2) is 107 Å². The third-order valence-electron chi connectivity index (χ3n) is 7.76. The molecule has 186 valence electrons. The van der Waals surface area contributed by atoms with E-state index < -0.39 is 0 Å². The van der Waals surface area contributed by atoms with E-state index in [1.807, 2.05) is 12.1 Å². The lowest BCUT2D eigenvalue weighted by atomic mass is 9.95. The average molecular weight is 567 g/mol. The van der Waals surface area contributed by atoms with Gasteiger partial charge in [0.1, 0.15) is 0 Å². The van der Waals surface area contributed by atoms with Crippen molar-refractivity contribution in [1.82, 2.24) is 14.5 Å². The van der Waals surface area contributed by atoms with Crippen LogP contribution in [0.3, 0.4) is 0 Å². The second-order valence-corrected chi connectivity index (χ2v) is 11.2. The molecular weight excluding hydrogens is 544 g/mol. The highest BCUT2D eigenvalue weighted by Crippen LogP contribution is 2.33. The smallest absolute Gasteiger partial charge is 0.235 e. The number of halogens is 1. The van der Waals surface area contributed by atoms with Gasteiger partial charge in [-0.2, -0.15) is 0 Å². The summed E-state index contributed by atoms with van der Waals surface area (Å²) in [6.45, 7) is 0. The van der Waals surface area contributed by atoms with E-state index in [1.165, 1.54) is 16.2 Å². The van der Waals surface area contributed by atoms with Crippen molar-refractivity contribution in [3.63, 3.8) is 0 Å². The summed E-state index contributed by atoms with van der Waals surface area (Å²) in [4.78, 5) is 15.5. The fourth-order valence-corrected chi connectivity index (χ4v) is 6.38. The van der Waals surface area contributed by atoms with Gasteiger partial charge in [0.2, 0.25) is 5.95 Å². The predicted molar refractivity (Wildman–Crippen MR) is 163 cm³/mol. The van der Waals surface area contributed by atoms with Crippen molar-refractivity contribution < 1.29 is 0 Å². The van der Waals surface area contributed by atoms with Gasteiger partial charge in [-0.3, -0.25) is 9.56 Å². The molecule has 0 saturated heterocycles.